The summed E-state index contributed by atoms with van der Waals surface area (Å²) < 4.78 is 25.5. The second-order valence-corrected chi connectivity index (χ2v) is 30.7. The normalized spacial score (nSPS) is 15.6. The molecule has 2 atom stereocenters. The summed E-state index contributed by atoms with van der Waals surface area (Å²) in [6.45, 7) is 8.24. The third kappa shape index (κ3) is 12.3. The van der Waals surface area contributed by atoms with Crippen LogP contribution in [0.2, 0.25) is 5.28 Å². The van der Waals surface area contributed by atoms with Gasteiger partial charge in [-0.05, 0) is 184 Å². The molecule has 16 heteroatoms. The number of rotatable bonds is 10. The topological polar surface area (TPSA) is 217 Å². The van der Waals surface area contributed by atoms with Crippen LogP contribution in [-0.2, 0) is 20.1 Å². The zero-order valence-corrected chi connectivity index (χ0v) is 65.0. The Balaban J connectivity index is 0.000000130. The van der Waals surface area contributed by atoms with Crippen LogP contribution in [0.25, 0.3) is 123 Å². The Morgan fingerprint density at radius 3 is 0.949 bits per heavy atom. The highest BCUT2D eigenvalue weighted by Gasteiger charge is 2.53. The van der Waals surface area contributed by atoms with Crippen molar-refractivity contribution in [3.8, 4) is 103 Å². The lowest BCUT2D eigenvalue weighted by atomic mass is 9.66. The maximum Gasteiger partial charge on any atom is 0.494 e. The van der Waals surface area contributed by atoms with Gasteiger partial charge in [0.2, 0.25) is 5.28 Å². The van der Waals surface area contributed by atoms with Gasteiger partial charge in [0.25, 0.3) is 0 Å². The van der Waals surface area contributed by atoms with Gasteiger partial charge in [-0.1, -0.05) is 255 Å². The molecule has 1 fully saturated rings. The Hall–Kier alpha value is -15.1. The van der Waals surface area contributed by atoms with Crippen molar-refractivity contribution in [3.05, 3.63) is 400 Å². The zero-order valence-electron chi connectivity index (χ0n) is 64.2. The molecule has 118 heavy (non-hydrogen) atoms. The van der Waals surface area contributed by atoms with E-state index in [1.807, 2.05) is 194 Å². The van der Waals surface area contributed by atoms with Crippen molar-refractivity contribution in [2.24, 2.45) is 0 Å². The van der Waals surface area contributed by atoms with E-state index in [-0.39, 0.29) is 5.28 Å². The lowest BCUT2D eigenvalue weighted by molar-refractivity contribution is 0.00578. The summed E-state index contributed by atoms with van der Waals surface area (Å²) in [7, 11) is -0.476. The average Bonchev–Trinajstić information content (AvgIpc) is 1.52. The Bertz CT molecular complexity index is 7060. The van der Waals surface area contributed by atoms with Gasteiger partial charge >= 0.3 is 7.12 Å². The Morgan fingerprint density at radius 2 is 0.593 bits per heavy atom. The quantitative estimate of drug-likeness (QED) is 0.116. The molecule has 1 aliphatic heterocycles. The number of nitrogens with zero attached hydrogens (tertiary/aromatic N) is 10. The third-order valence-corrected chi connectivity index (χ3v) is 23.4. The summed E-state index contributed by atoms with van der Waals surface area (Å²) >= 11 is 5.99. The Labute approximate surface area is 685 Å². The van der Waals surface area contributed by atoms with E-state index in [1.165, 1.54) is 0 Å². The van der Waals surface area contributed by atoms with Gasteiger partial charge in [0.1, 0.15) is 22.3 Å². The van der Waals surface area contributed by atoms with Gasteiger partial charge in [0.15, 0.2) is 29.1 Å². The number of hydrogen-bond donors (Lipinski definition) is 0. The van der Waals surface area contributed by atoms with Gasteiger partial charge < -0.3 is 18.1 Å². The molecule has 2 unspecified atom stereocenters. The Kier molecular flexibility index (Phi) is 18.2. The standard InChI is InChI=1S/C48H27N5O.C39H29BN2O3.C15H10ClN3/c49-28-30-17-24-41-38(26-30)44-42(54-41)25-23-39-43(44)37-22-16-31(29-50)27-40(37)48(39,35-14-8-3-9-15-35)36-20-18-34(19-21-36)47-52-45(32-10-4-1-5-11-32)51-46(53-47)33-12-6-2-7-13-33;1-37(2)38(3,4)45-40(44-37)28-14-12-27(13-15-28)39(26-8-6-5-7-9-26)31-17-19-34-36(30-20-24(22-41)11-18-33(30)43-34)35(31)29-16-10-25(23-42)21-32(29)39;16-15-18-13(11-7-3-1-4-8-11)17-14(19-15)12-9-5-2-6-10-12/h1-27H;5-21H,1-4H3;1-10H. The molecular weight excluding hydrogens is 1480 g/mol. The van der Waals surface area contributed by atoms with E-state index in [2.05, 4.69) is 188 Å². The molecular formula is C102H66BClN10O4. The minimum atomic E-state index is -0.786. The number of furan rings is 2. The van der Waals surface area contributed by atoms with Gasteiger partial charge in [0.05, 0.1) is 68.6 Å². The molecule has 0 radical (unpaired) electrons. The number of benzene rings is 14. The zero-order chi connectivity index (χ0) is 80.4. The molecule has 5 heterocycles. The summed E-state index contributed by atoms with van der Waals surface area (Å²) in [6.07, 6.45) is 0. The van der Waals surface area contributed by atoms with E-state index in [9.17, 15) is 21.0 Å². The fraction of sp³-hybridized carbons (Fsp3) is 0.0784. The van der Waals surface area contributed by atoms with E-state index in [4.69, 9.17) is 44.7 Å². The molecule has 1 saturated heterocycles. The van der Waals surface area contributed by atoms with Crippen molar-refractivity contribution < 1.29 is 18.1 Å². The molecule has 558 valence electrons. The number of aromatic nitrogens is 6. The smallest absolute Gasteiger partial charge is 0.456 e. The minimum absolute atomic E-state index is 0.202. The average molecular weight is 1540 g/mol. The molecule has 0 spiro atoms. The first-order valence-electron chi connectivity index (χ1n) is 38.6. The monoisotopic (exact) mass is 1540 g/mol. The number of halogens is 1. The number of fused-ring (bicyclic) bond motifs is 14. The second kappa shape index (κ2) is 29.4. The van der Waals surface area contributed by atoms with Crippen molar-refractivity contribution in [3.63, 3.8) is 0 Å². The van der Waals surface area contributed by atoms with Crippen LogP contribution in [0, 0.1) is 45.3 Å². The van der Waals surface area contributed by atoms with Crippen LogP contribution in [0.4, 0.5) is 0 Å². The highest BCUT2D eigenvalue weighted by Crippen LogP contribution is 2.61. The number of nitriles is 4. The predicted molar refractivity (Wildman–Crippen MR) is 462 cm³/mol. The van der Waals surface area contributed by atoms with Crippen molar-refractivity contribution in [2.45, 2.75) is 49.7 Å². The van der Waals surface area contributed by atoms with Crippen LogP contribution in [0.5, 0.6) is 0 Å². The molecule has 21 rings (SSSR count). The van der Waals surface area contributed by atoms with Gasteiger partial charge in [-0.2, -0.15) is 31.0 Å². The van der Waals surface area contributed by atoms with Gasteiger partial charge in [-0.15, -0.1) is 0 Å². The van der Waals surface area contributed by atoms with Crippen LogP contribution in [0.1, 0.15) is 94.5 Å². The molecule has 0 saturated carbocycles. The molecule has 3 aliphatic rings. The third-order valence-electron chi connectivity index (χ3n) is 23.2. The second-order valence-electron chi connectivity index (χ2n) is 30.4. The predicted octanol–water partition coefficient (Wildman–Crippen LogP) is 22.7. The Morgan fingerprint density at radius 1 is 0.297 bits per heavy atom. The van der Waals surface area contributed by atoms with Crippen LogP contribution in [0.3, 0.4) is 0 Å². The first-order chi connectivity index (χ1) is 57.7. The van der Waals surface area contributed by atoms with E-state index in [0.29, 0.717) is 51.4 Å². The first-order valence-corrected chi connectivity index (χ1v) is 39.0. The molecule has 14 aromatic carbocycles. The lowest BCUT2D eigenvalue weighted by Gasteiger charge is -2.34. The van der Waals surface area contributed by atoms with Crippen LogP contribution in [-0.4, -0.2) is 48.2 Å². The van der Waals surface area contributed by atoms with E-state index in [0.717, 1.165) is 144 Å². The fourth-order valence-electron chi connectivity index (χ4n) is 17.0. The summed E-state index contributed by atoms with van der Waals surface area (Å²) in [5.74, 6) is 2.94. The fourth-order valence-corrected chi connectivity index (χ4v) is 17.2. The summed E-state index contributed by atoms with van der Waals surface area (Å²) in [5, 5.41) is 43.7. The first kappa shape index (κ1) is 73.1. The molecule has 0 N–H and O–H groups in total. The molecule has 2 aliphatic carbocycles. The molecule has 18 aromatic rings. The lowest BCUT2D eigenvalue weighted by Crippen LogP contribution is -2.41. The maximum absolute atomic E-state index is 10.2. The van der Waals surface area contributed by atoms with Crippen molar-refractivity contribution >= 4 is 68.1 Å². The van der Waals surface area contributed by atoms with E-state index >= 15 is 0 Å². The summed E-state index contributed by atoms with van der Waals surface area (Å²) in [4.78, 5) is 27.6. The highest BCUT2D eigenvalue weighted by molar-refractivity contribution is 6.62. The highest BCUT2D eigenvalue weighted by atomic mass is 35.5. The number of hydrogen-bond acceptors (Lipinski definition) is 14. The molecule has 0 amide bonds. The summed E-state index contributed by atoms with van der Waals surface area (Å²) in [6, 6.07) is 118. The van der Waals surface area contributed by atoms with Gasteiger partial charge in [-0.3, -0.25) is 0 Å². The van der Waals surface area contributed by atoms with Crippen molar-refractivity contribution in [1.29, 1.82) is 21.0 Å². The van der Waals surface area contributed by atoms with Gasteiger partial charge in [0, 0.05) is 49.4 Å². The van der Waals surface area contributed by atoms with Crippen molar-refractivity contribution in [2.75, 3.05) is 0 Å². The van der Waals surface area contributed by atoms with Crippen molar-refractivity contribution in [1.82, 2.24) is 29.9 Å². The van der Waals surface area contributed by atoms with Crippen LogP contribution < -0.4 is 5.46 Å². The van der Waals surface area contributed by atoms with Gasteiger partial charge in [-0.25, -0.2) is 19.9 Å². The van der Waals surface area contributed by atoms with E-state index < -0.39 is 29.2 Å². The maximum atomic E-state index is 10.2. The SMILES string of the molecule is CC1(C)OB(c2ccc(C3(c4ccccc4)c4cc(C#N)ccc4-c4c3ccc3oc5ccc(C#N)cc5c43)cc2)OC1(C)C.Clc1nc(-c2ccccc2)nc(-c2ccccc2)n1.N#Cc1ccc2c(c1)C(c1ccccc1)(c1ccc(-c3nc(-c4ccccc4)nc(-c4ccccc4)n3)cc1)c1ccc3oc4ccc(C#N)cc4c3c1-2. The largest absolute Gasteiger partial charge is 0.494 e. The molecule has 0 bridgehead atoms. The molecule has 14 nitrogen and oxygen atoms in total. The van der Waals surface area contributed by atoms with E-state index in [1.54, 1.807) is 12.1 Å². The molecule has 4 aromatic heterocycles. The van der Waals surface area contributed by atoms with Crippen LogP contribution in [0.15, 0.2) is 336 Å². The summed E-state index contributed by atoms with van der Waals surface area (Å²) in [5.41, 5.74) is 20.9. The van der Waals surface area contributed by atoms with Crippen LogP contribution >= 0.6 is 11.6 Å². The minimum Gasteiger partial charge on any atom is -0.456 e.